The van der Waals surface area contributed by atoms with Gasteiger partial charge in [0.15, 0.2) is 11.2 Å². The van der Waals surface area contributed by atoms with Gasteiger partial charge in [-0.2, -0.15) is 0 Å². The average Bonchev–Trinajstić information content (AvgIpc) is 3.39. The number of aromatic amines is 1. The Morgan fingerprint density at radius 1 is 1.16 bits per heavy atom. The molecule has 1 N–H and O–H groups in total. The van der Waals surface area contributed by atoms with Crippen LogP contribution in [-0.2, 0) is 20.6 Å². The van der Waals surface area contributed by atoms with Crippen LogP contribution in [-0.4, -0.2) is 48.2 Å². The first-order chi connectivity index (χ1) is 14.9. The third-order valence-corrected chi connectivity index (χ3v) is 6.65. The lowest BCUT2D eigenvalue weighted by Crippen LogP contribution is -2.38. The normalized spacial score (nSPS) is 15.1. The van der Waals surface area contributed by atoms with Crippen molar-refractivity contribution in [1.82, 2.24) is 28.6 Å². The van der Waals surface area contributed by atoms with Crippen molar-refractivity contribution in [3.05, 3.63) is 67.7 Å². The highest BCUT2D eigenvalue weighted by atomic mass is 79.9. The molecule has 0 saturated carbocycles. The maximum atomic E-state index is 12.6. The molecule has 1 aliphatic heterocycles. The van der Waals surface area contributed by atoms with Gasteiger partial charge >= 0.3 is 5.69 Å². The van der Waals surface area contributed by atoms with Crippen molar-refractivity contribution >= 4 is 43.6 Å². The lowest BCUT2D eigenvalue weighted by Gasteiger charge is -2.26. The number of nitrogens with one attached hydrogen (secondary N) is 1. The van der Waals surface area contributed by atoms with Gasteiger partial charge in [-0.3, -0.25) is 18.8 Å². The number of aromatic nitrogens is 5. The van der Waals surface area contributed by atoms with E-state index < -0.39 is 0 Å². The van der Waals surface area contributed by atoms with Gasteiger partial charge < -0.3 is 9.55 Å². The molecule has 0 spiro atoms. The number of benzene rings is 1. The van der Waals surface area contributed by atoms with E-state index >= 15 is 0 Å². The zero-order valence-corrected chi connectivity index (χ0v) is 19.0. The van der Waals surface area contributed by atoms with Crippen LogP contribution >= 0.6 is 15.9 Å². The minimum absolute atomic E-state index is 0.304. The number of fused-ring (bicyclic) bond motifs is 2. The lowest BCUT2D eigenvalue weighted by molar-refractivity contribution is 0.290. The predicted molar refractivity (Wildman–Crippen MR) is 125 cm³/mol. The van der Waals surface area contributed by atoms with E-state index in [2.05, 4.69) is 55.2 Å². The van der Waals surface area contributed by atoms with E-state index in [9.17, 15) is 9.59 Å². The van der Waals surface area contributed by atoms with Gasteiger partial charge in [-0.25, -0.2) is 9.78 Å². The Hall–Kier alpha value is -2.91. The first-order valence-corrected chi connectivity index (χ1v) is 11.0. The molecular weight excluding hydrogens is 460 g/mol. The van der Waals surface area contributed by atoms with Crippen molar-refractivity contribution < 1.29 is 0 Å². The fourth-order valence-electron chi connectivity index (χ4n) is 4.33. The molecule has 0 amide bonds. The van der Waals surface area contributed by atoms with Gasteiger partial charge in [-0.05, 0) is 30.2 Å². The molecule has 4 aromatic rings. The molecule has 0 saturated heterocycles. The first kappa shape index (κ1) is 20.0. The molecule has 1 aliphatic rings. The minimum atomic E-state index is -0.360. The first-order valence-electron chi connectivity index (χ1n) is 10.2. The maximum absolute atomic E-state index is 12.6. The fraction of sp³-hybridized carbons (Fsp3) is 0.318. The molecule has 0 bridgehead atoms. The summed E-state index contributed by atoms with van der Waals surface area (Å²) in [6, 6.07) is 6.30. The molecule has 0 aliphatic carbocycles. The van der Waals surface area contributed by atoms with Gasteiger partial charge in [0.25, 0.3) is 5.56 Å². The van der Waals surface area contributed by atoms with Crippen LogP contribution in [0.1, 0.15) is 12.0 Å². The molecule has 0 fully saturated rings. The van der Waals surface area contributed by atoms with Gasteiger partial charge in [-0.15, -0.1) is 0 Å². The van der Waals surface area contributed by atoms with E-state index in [0.717, 1.165) is 40.6 Å². The zero-order valence-electron chi connectivity index (χ0n) is 17.4. The number of rotatable bonds is 4. The summed E-state index contributed by atoms with van der Waals surface area (Å²) in [4.78, 5) is 34.7. The molecular formula is C22H23BrN6O2. The van der Waals surface area contributed by atoms with Crippen LogP contribution in [0.15, 0.2) is 50.9 Å². The Balaban J connectivity index is 1.33. The molecule has 5 rings (SSSR count). The highest BCUT2D eigenvalue weighted by Crippen LogP contribution is 2.31. The van der Waals surface area contributed by atoms with Crippen molar-refractivity contribution in [2.24, 2.45) is 14.1 Å². The summed E-state index contributed by atoms with van der Waals surface area (Å²) in [6.07, 6.45) is 7.01. The second-order valence-corrected chi connectivity index (χ2v) is 8.90. The Morgan fingerprint density at radius 2 is 2.00 bits per heavy atom. The highest BCUT2D eigenvalue weighted by Gasteiger charge is 2.18. The Kier molecular flexibility index (Phi) is 4.94. The SMILES string of the molecule is Cn1c(=O)c2c(ncn2CCN2CC=C(c3c[nH]c4ccc(Br)cc34)CC2)n(C)c1=O. The number of aryl methyl sites for hydroxylation is 1. The number of nitrogens with zero attached hydrogens (tertiary/aromatic N) is 5. The standard InChI is InChI=1S/C22H23BrN6O2/c1-26-20-19(21(30)27(2)22(26)31)29(13-25-20)10-9-28-7-5-14(6-8-28)17-12-24-18-4-3-15(23)11-16(17)18/h3-5,11-13,24H,6-10H2,1-2H3. The molecule has 1 aromatic carbocycles. The van der Waals surface area contributed by atoms with E-state index in [1.807, 2.05) is 10.6 Å². The molecule has 9 heteroatoms. The van der Waals surface area contributed by atoms with Crippen molar-refractivity contribution in [2.45, 2.75) is 13.0 Å². The monoisotopic (exact) mass is 482 g/mol. The number of H-pyrrole nitrogens is 1. The molecule has 0 radical (unpaired) electrons. The van der Waals surface area contributed by atoms with Crippen LogP contribution < -0.4 is 11.2 Å². The summed E-state index contributed by atoms with van der Waals surface area (Å²) < 4.78 is 5.49. The molecule has 4 heterocycles. The highest BCUT2D eigenvalue weighted by molar-refractivity contribution is 9.10. The molecule has 0 unspecified atom stereocenters. The maximum Gasteiger partial charge on any atom is 0.332 e. The smallest absolute Gasteiger partial charge is 0.332 e. The molecule has 3 aromatic heterocycles. The lowest BCUT2D eigenvalue weighted by atomic mass is 9.99. The van der Waals surface area contributed by atoms with Crippen LogP contribution in [0.5, 0.6) is 0 Å². The second kappa shape index (κ2) is 7.65. The quantitative estimate of drug-likeness (QED) is 0.484. The third kappa shape index (κ3) is 3.37. The summed E-state index contributed by atoms with van der Waals surface area (Å²) in [5, 5.41) is 1.24. The van der Waals surface area contributed by atoms with Gasteiger partial charge in [0, 0.05) is 67.4 Å². The summed E-state index contributed by atoms with van der Waals surface area (Å²) in [5.74, 6) is 0. The number of imidazole rings is 1. The van der Waals surface area contributed by atoms with Crippen molar-refractivity contribution in [1.29, 1.82) is 0 Å². The van der Waals surface area contributed by atoms with Crippen LogP contribution in [0.4, 0.5) is 0 Å². The second-order valence-electron chi connectivity index (χ2n) is 7.99. The van der Waals surface area contributed by atoms with E-state index in [-0.39, 0.29) is 11.2 Å². The summed E-state index contributed by atoms with van der Waals surface area (Å²) in [7, 11) is 3.14. The van der Waals surface area contributed by atoms with Crippen LogP contribution in [0.2, 0.25) is 0 Å². The number of hydrogen-bond donors (Lipinski definition) is 1. The topological polar surface area (TPSA) is 80.8 Å². The van der Waals surface area contributed by atoms with Gasteiger partial charge in [0.2, 0.25) is 0 Å². The van der Waals surface area contributed by atoms with E-state index in [4.69, 9.17) is 0 Å². The number of halogens is 1. The van der Waals surface area contributed by atoms with Crippen molar-refractivity contribution in [3.63, 3.8) is 0 Å². The van der Waals surface area contributed by atoms with E-state index in [1.54, 1.807) is 13.4 Å². The van der Waals surface area contributed by atoms with E-state index in [0.29, 0.717) is 17.7 Å². The Labute approximate surface area is 186 Å². The van der Waals surface area contributed by atoms with Crippen molar-refractivity contribution in [3.8, 4) is 0 Å². The molecule has 0 atom stereocenters. The predicted octanol–water partition coefficient (Wildman–Crippen LogP) is 2.47. The summed E-state index contributed by atoms with van der Waals surface area (Å²) >= 11 is 3.57. The fourth-order valence-corrected chi connectivity index (χ4v) is 4.69. The zero-order chi connectivity index (χ0) is 21.7. The van der Waals surface area contributed by atoms with Gasteiger partial charge in [0.1, 0.15) is 0 Å². The summed E-state index contributed by atoms with van der Waals surface area (Å²) in [6.45, 7) is 3.27. The number of hydrogen-bond acceptors (Lipinski definition) is 4. The van der Waals surface area contributed by atoms with Gasteiger partial charge in [-0.1, -0.05) is 22.0 Å². The molecule has 8 nitrogen and oxygen atoms in total. The Bertz CT molecular complexity index is 1450. The van der Waals surface area contributed by atoms with Crippen LogP contribution in [0, 0.1) is 0 Å². The average molecular weight is 483 g/mol. The molecule has 160 valence electrons. The minimum Gasteiger partial charge on any atom is -0.361 e. The summed E-state index contributed by atoms with van der Waals surface area (Å²) in [5.41, 5.74) is 4.01. The van der Waals surface area contributed by atoms with Gasteiger partial charge in [0.05, 0.1) is 6.33 Å². The Morgan fingerprint density at radius 3 is 2.77 bits per heavy atom. The third-order valence-electron chi connectivity index (χ3n) is 6.16. The molecule has 31 heavy (non-hydrogen) atoms. The van der Waals surface area contributed by atoms with Crippen LogP contribution in [0.3, 0.4) is 0 Å². The van der Waals surface area contributed by atoms with E-state index in [1.165, 1.54) is 28.1 Å². The largest absolute Gasteiger partial charge is 0.361 e. The van der Waals surface area contributed by atoms with Crippen molar-refractivity contribution in [2.75, 3.05) is 19.6 Å². The van der Waals surface area contributed by atoms with Crippen LogP contribution in [0.25, 0.3) is 27.6 Å².